The third kappa shape index (κ3) is 5.34. The summed E-state index contributed by atoms with van der Waals surface area (Å²) in [5.74, 6) is 1.30. The second-order valence-electron chi connectivity index (χ2n) is 4.37. The van der Waals surface area contributed by atoms with Gasteiger partial charge in [0.1, 0.15) is 5.75 Å². The van der Waals surface area contributed by atoms with Crippen LogP contribution in [0.3, 0.4) is 0 Å². The number of hydrogen-bond acceptors (Lipinski definition) is 3. The number of aliphatic imine (C=N–C) groups is 1. The van der Waals surface area contributed by atoms with Gasteiger partial charge in [-0.2, -0.15) is 0 Å². The fourth-order valence-corrected chi connectivity index (χ4v) is 2.71. The standard InChI is InChI=1S/C16H19N3OS.HI/c1-3-10-18-16(17)19-11-14-8-9-15(21-14)12-4-6-13(20-2)7-5-12;/h3-9H,1,10-11H2,2H3,(H3,17,18,19);1H. The SMILES string of the molecule is C=CCNC(N)=NCc1ccc(-c2ccc(OC)cc2)s1.I. The van der Waals surface area contributed by atoms with E-state index >= 15 is 0 Å². The molecule has 0 bridgehead atoms. The average Bonchev–Trinajstić information content (AvgIpc) is 3.00. The van der Waals surface area contributed by atoms with E-state index in [0.29, 0.717) is 19.0 Å². The van der Waals surface area contributed by atoms with Crippen molar-refractivity contribution < 1.29 is 4.74 Å². The number of benzene rings is 1. The van der Waals surface area contributed by atoms with Crippen LogP contribution in [0.1, 0.15) is 4.88 Å². The van der Waals surface area contributed by atoms with E-state index in [1.165, 1.54) is 15.3 Å². The molecule has 0 saturated heterocycles. The van der Waals surface area contributed by atoms with Crippen LogP contribution in [0.5, 0.6) is 5.75 Å². The van der Waals surface area contributed by atoms with Gasteiger partial charge >= 0.3 is 0 Å². The highest BCUT2D eigenvalue weighted by atomic mass is 127. The quantitative estimate of drug-likeness (QED) is 0.319. The van der Waals surface area contributed by atoms with Crippen LogP contribution < -0.4 is 15.8 Å². The highest BCUT2D eigenvalue weighted by Gasteiger charge is 2.03. The van der Waals surface area contributed by atoms with Gasteiger partial charge in [0, 0.05) is 16.3 Å². The van der Waals surface area contributed by atoms with E-state index in [1.54, 1.807) is 24.5 Å². The molecule has 1 aromatic heterocycles. The Balaban J connectivity index is 0.00000242. The van der Waals surface area contributed by atoms with Crippen molar-refractivity contribution in [3.63, 3.8) is 0 Å². The third-order valence-corrected chi connectivity index (χ3v) is 3.99. The molecule has 0 amide bonds. The first-order valence-electron chi connectivity index (χ1n) is 6.60. The van der Waals surface area contributed by atoms with Crippen molar-refractivity contribution in [1.82, 2.24) is 5.32 Å². The van der Waals surface area contributed by atoms with Crippen molar-refractivity contribution in [1.29, 1.82) is 0 Å². The van der Waals surface area contributed by atoms with E-state index in [1.807, 2.05) is 12.1 Å². The molecule has 4 nitrogen and oxygen atoms in total. The maximum atomic E-state index is 5.74. The summed E-state index contributed by atoms with van der Waals surface area (Å²) in [7, 11) is 1.67. The summed E-state index contributed by atoms with van der Waals surface area (Å²) in [5.41, 5.74) is 6.91. The summed E-state index contributed by atoms with van der Waals surface area (Å²) in [4.78, 5) is 6.67. The van der Waals surface area contributed by atoms with Crippen molar-refractivity contribution in [3.05, 3.63) is 53.9 Å². The number of ether oxygens (including phenoxy) is 1. The highest BCUT2D eigenvalue weighted by molar-refractivity contribution is 14.0. The van der Waals surface area contributed by atoms with Crippen molar-refractivity contribution >= 4 is 41.3 Å². The van der Waals surface area contributed by atoms with Crippen LogP contribution in [0.25, 0.3) is 10.4 Å². The Labute approximate surface area is 152 Å². The molecule has 1 aromatic carbocycles. The average molecular weight is 429 g/mol. The van der Waals surface area contributed by atoms with Gasteiger partial charge < -0.3 is 15.8 Å². The molecule has 0 atom stereocenters. The van der Waals surface area contributed by atoms with Gasteiger partial charge in [-0.3, -0.25) is 0 Å². The lowest BCUT2D eigenvalue weighted by Gasteiger charge is -2.01. The molecule has 1 heterocycles. The van der Waals surface area contributed by atoms with Crippen molar-refractivity contribution in [3.8, 4) is 16.2 Å². The zero-order valence-corrected chi connectivity index (χ0v) is 15.6. The molecule has 2 aromatic rings. The molecule has 0 aliphatic carbocycles. The number of rotatable bonds is 6. The van der Waals surface area contributed by atoms with Crippen LogP contribution in [-0.4, -0.2) is 19.6 Å². The lowest BCUT2D eigenvalue weighted by Crippen LogP contribution is -2.31. The van der Waals surface area contributed by atoms with E-state index in [0.717, 1.165) is 5.75 Å². The number of halogens is 1. The van der Waals surface area contributed by atoms with Crippen LogP contribution in [0, 0.1) is 0 Å². The molecule has 0 fully saturated rings. The Bertz CT molecular complexity index is 623. The van der Waals surface area contributed by atoms with Gasteiger partial charge in [0.25, 0.3) is 0 Å². The molecule has 118 valence electrons. The molecule has 22 heavy (non-hydrogen) atoms. The van der Waals surface area contributed by atoms with Gasteiger partial charge in [0.05, 0.1) is 13.7 Å². The molecule has 0 aliphatic rings. The molecule has 6 heteroatoms. The van der Waals surface area contributed by atoms with Gasteiger partial charge in [-0.25, -0.2) is 4.99 Å². The zero-order chi connectivity index (χ0) is 15.1. The minimum absolute atomic E-state index is 0. The van der Waals surface area contributed by atoms with E-state index in [2.05, 4.69) is 41.2 Å². The minimum atomic E-state index is 0. The van der Waals surface area contributed by atoms with Crippen LogP contribution in [0.15, 0.2) is 54.0 Å². The first-order valence-corrected chi connectivity index (χ1v) is 7.42. The Morgan fingerprint density at radius 2 is 2.05 bits per heavy atom. The Morgan fingerprint density at radius 3 is 2.68 bits per heavy atom. The van der Waals surface area contributed by atoms with E-state index in [9.17, 15) is 0 Å². The van der Waals surface area contributed by atoms with Crippen LogP contribution in [0.2, 0.25) is 0 Å². The maximum absolute atomic E-state index is 5.74. The van der Waals surface area contributed by atoms with Crippen LogP contribution >= 0.6 is 35.3 Å². The number of nitrogens with two attached hydrogens (primary N) is 1. The first-order chi connectivity index (χ1) is 10.2. The minimum Gasteiger partial charge on any atom is -0.497 e. The van der Waals surface area contributed by atoms with Gasteiger partial charge in [-0.05, 0) is 42.0 Å². The highest BCUT2D eigenvalue weighted by Crippen LogP contribution is 2.29. The summed E-state index contributed by atoms with van der Waals surface area (Å²) in [6.45, 7) is 4.82. The number of methoxy groups -OCH3 is 1. The third-order valence-electron chi connectivity index (χ3n) is 2.87. The predicted molar refractivity (Wildman–Crippen MR) is 105 cm³/mol. The van der Waals surface area contributed by atoms with Crippen molar-refractivity contribution in [2.45, 2.75) is 6.54 Å². The normalized spacial score (nSPS) is 10.7. The topological polar surface area (TPSA) is 59.6 Å². The summed E-state index contributed by atoms with van der Waals surface area (Å²) >= 11 is 1.71. The summed E-state index contributed by atoms with van der Waals surface area (Å²) < 4.78 is 5.17. The molecular weight excluding hydrogens is 409 g/mol. The lowest BCUT2D eigenvalue weighted by atomic mass is 10.2. The van der Waals surface area contributed by atoms with Gasteiger partial charge in [0.2, 0.25) is 0 Å². The number of hydrogen-bond donors (Lipinski definition) is 2. The van der Waals surface area contributed by atoms with Crippen LogP contribution in [-0.2, 0) is 6.54 Å². The summed E-state index contributed by atoms with van der Waals surface area (Å²) in [6.07, 6.45) is 1.75. The fraction of sp³-hybridized carbons (Fsp3) is 0.188. The van der Waals surface area contributed by atoms with Crippen molar-refractivity contribution in [2.75, 3.05) is 13.7 Å². The van der Waals surface area contributed by atoms with Gasteiger partial charge in [-0.1, -0.05) is 6.08 Å². The Kier molecular flexibility index (Phi) is 7.97. The summed E-state index contributed by atoms with van der Waals surface area (Å²) in [6, 6.07) is 12.2. The molecule has 0 unspecified atom stereocenters. The largest absolute Gasteiger partial charge is 0.497 e. The fourth-order valence-electron chi connectivity index (χ4n) is 1.77. The first kappa shape index (κ1) is 18.5. The number of nitrogens with one attached hydrogen (secondary N) is 1. The number of guanidine groups is 1. The van der Waals surface area contributed by atoms with Gasteiger partial charge in [-0.15, -0.1) is 41.9 Å². The lowest BCUT2D eigenvalue weighted by molar-refractivity contribution is 0.415. The van der Waals surface area contributed by atoms with E-state index < -0.39 is 0 Å². The second kappa shape index (κ2) is 9.47. The molecule has 0 saturated carbocycles. The molecular formula is C16H20IN3OS. The molecule has 2 rings (SSSR count). The molecule has 0 radical (unpaired) electrons. The second-order valence-corrected chi connectivity index (χ2v) is 5.53. The van der Waals surface area contributed by atoms with Crippen molar-refractivity contribution in [2.24, 2.45) is 10.7 Å². The van der Waals surface area contributed by atoms with E-state index in [4.69, 9.17) is 10.5 Å². The monoisotopic (exact) mass is 429 g/mol. The Morgan fingerprint density at radius 1 is 1.32 bits per heavy atom. The molecule has 0 spiro atoms. The van der Waals surface area contributed by atoms with Gasteiger partial charge in [0.15, 0.2) is 5.96 Å². The predicted octanol–water partition coefficient (Wildman–Crippen LogP) is 3.63. The molecule has 3 N–H and O–H groups in total. The number of thiophene rings is 1. The smallest absolute Gasteiger partial charge is 0.189 e. The maximum Gasteiger partial charge on any atom is 0.189 e. The summed E-state index contributed by atoms with van der Waals surface area (Å²) in [5, 5.41) is 2.95. The van der Waals surface area contributed by atoms with Crippen LogP contribution in [0.4, 0.5) is 0 Å². The van der Waals surface area contributed by atoms with E-state index in [-0.39, 0.29) is 24.0 Å². The zero-order valence-electron chi connectivity index (χ0n) is 12.4. The Hall–Kier alpha value is -1.54. The number of nitrogens with zero attached hydrogens (tertiary/aromatic N) is 1. The molecule has 0 aliphatic heterocycles.